The van der Waals surface area contributed by atoms with Gasteiger partial charge < -0.3 is 4.57 Å². The minimum Gasteiger partial charge on any atom is -0.344 e. The van der Waals surface area contributed by atoms with E-state index in [1.165, 1.54) is 12.2 Å². The standard InChI is InChI=1S/C19H13Cl2NO2/c1-22-18-4-2-12(16(20)6-8-23)10-14(18)15-11-13(3-5-19(15)22)17(21)7-9-24/h2-11H,1H3/b16-6-,17-7-. The van der Waals surface area contributed by atoms with E-state index in [0.717, 1.165) is 32.9 Å². The first-order chi connectivity index (χ1) is 11.6. The second-order valence-electron chi connectivity index (χ2n) is 5.32. The number of allylic oxidation sites excluding steroid dienone is 2. The van der Waals surface area contributed by atoms with Gasteiger partial charge in [-0.2, -0.15) is 0 Å². The van der Waals surface area contributed by atoms with Crippen LogP contribution in [0.5, 0.6) is 0 Å². The van der Waals surface area contributed by atoms with Crippen LogP contribution in [0.25, 0.3) is 31.9 Å². The molecule has 0 aliphatic heterocycles. The average Bonchev–Trinajstić information content (AvgIpc) is 2.87. The predicted molar refractivity (Wildman–Crippen MR) is 100 cm³/mol. The number of hydrogen-bond donors (Lipinski definition) is 0. The summed E-state index contributed by atoms with van der Waals surface area (Å²) in [5, 5.41) is 2.78. The number of halogens is 2. The Bertz CT molecular complexity index is 947. The lowest BCUT2D eigenvalue weighted by molar-refractivity contribution is -0.104. The van der Waals surface area contributed by atoms with Gasteiger partial charge in [-0.25, -0.2) is 0 Å². The Labute approximate surface area is 148 Å². The van der Waals surface area contributed by atoms with Gasteiger partial charge in [-0.3, -0.25) is 9.59 Å². The van der Waals surface area contributed by atoms with Gasteiger partial charge in [0.25, 0.3) is 0 Å². The molecule has 24 heavy (non-hydrogen) atoms. The first kappa shape index (κ1) is 16.5. The van der Waals surface area contributed by atoms with Gasteiger partial charge in [0.15, 0.2) is 0 Å². The summed E-state index contributed by atoms with van der Waals surface area (Å²) >= 11 is 12.3. The first-order valence-corrected chi connectivity index (χ1v) is 7.97. The molecule has 120 valence electrons. The maximum Gasteiger partial charge on any atom is 0.144 e. The number of rotatable bonds is 4. The zero-order valence-electron chi connectivity index (χ0n) is 12.8. The molecule has 0 N–H and O–H groups in total. The van der Waals surface area contributed by atoms with Gasteiger partial charge in [-0.15, -0.1) is 0 Å². The van der Waals surface area contributed by atoms with Gasteiger partial charge >= 0.3 is 0 Å². The predicted octanol–water partition coefficient (Wildman–Crippen LogP) is 4.89. The monoisotopic (exact) mass is 357 g/mol. The molecule has 0 amide bonds. The summed E-state index contributed by atoms with van der Waals surface area (Å²) in [7, 11) is 1.98. The molecule has 0 aliphatic carbocycles. The van der Waals surface area contributed by atoms with Crippen molar-refractivity contribution < 1.29 is 9.59 Å². The van der Waals surface area contributed by atoms with Crippen molar-refractivity contribution in [3.05, 3.63) is 59.7 Å². The number of aromatic nitrogens is 1. The third kappa shape index (κ3) is 2.77. The molecule has 0 bridgehead atoms. The molecular weight excluding hydrogens is 345 g/mol. The third-order valence-electron chi connectivity index (χ3n) is 3.99. The average molecular weight is 358 g/mol. The topological polar surface area (TPSA) is 39.1 Å². The summed E-state index contributed by atoms with van der Waals surface area (Å²) in [6.45, 7) is 0. The summed E-state index contributed by atoms with van der Waals surface area (Å²) in [5.41, 5.74) is 3.61. The Morgan fingerprint density at radius 2 is 1.25 bits per heavy atom. The van der Waals surface area contributed by atoms with Crippen molar-refractivity contribution in [3.63, 3.8) is 0 Å². The van der Waals surface area contributed by atoms with Gasteiger partial charge in [-0.1, -0.05) is 35.3 Å². The van der Waals surface area contributed by atoms with E-state index < -0.39 is 0 Å². The zero-order chi connectivity index (χ0) is 17.3. The van der Waals surface area contributed by atoms with Crippen LogP contribution in [0.15, 0.2) is 48.6 Å². The van der Waals surface area contributed by atoms with Crippen LogP contribution >= 0.6 is 23.2 Å². The van der Waals surface area contributed by atoms with E-state index in [0.29, 0.717) is 22.6 Å². The number of fused-ring (bicyclic) bond motifs is 3. The third-order valence-corrected chi connectivity index (χ3v) is 4.67. The normalized spacial score (nSPS) is 12.8. The largest absolute Gasteiger partial charge is 0.344 e. The number of carbonyl (C=O) groups excluding carboxylic acids is 2. The summed E-state index contributed by atoms with van der Waals surface area (Å²) in [5.74, 6) is 0. The highest BCUT2D eigenvalue weighted by molar-refractivity contribution is 6.50. The van der Waals surface area contributed by atoms with Crippen LogP contribution in [0.2, 0.25) is 0 Å². The van der Waals surface area contributed by atoms with Crippen molar-refractivity contribution in [2.75, 3.05) is 0 Å². The minimum absolute atomic E-state index is 0.388. The lowest BCUT2D eigenvalue weighted by atomic mass is 10.1. The number of hydrogen-bond acceptors (Lipinski definition) is 2. The summed E-state index contributed by atoms with van der Waals surface area (Å²) < 4.78 is 2.08. The van der Waals surface area contributed by atoms with Gasteiger partial charge in [-0.05, 0) is 47.5 Å². The number of aryl methyl sites for hydroxylation is 1. The number of benzene rings is 2. The van der Waals surface area contributed by atoms with Crippen molar-refractivity contribution in [2.24, 2.45) is 7.05 Å². The highest BCUT2D eigenvalue weighted by atomic mass is 35.5. The second kappa shape index (κ2) is 6.63. The van der Waals surface area contributed by atoms with E-state index in [-0.39, 0.29) is 0 Å². The SMILES string of the molecule is Cn1c2ccc(/C(Cl)=C/C=O)cc2c2cc(/C(Cl)=C/C=O)ccc21. The van der Waals surface area contributed by atoms with E-state index in [4.69, 9.17) is 23.2 Å². The molecule has 2 aromatic carbocycles. The molecule has 3 rings (SSSR count). The Kier molecular flexibility index (Phi) is 4.56. The molecule has 0 unspecified atom stereocenters. The summed E-state index contributed by atoms with van der Waals surface area (Å²) in [6.07, 6.45) is 3.97. The Morgan fingerprint density at radius 1 is 0.833 bits per heavy atom. The van der Waals surface area contributed by atoms with Crippen LogP contribution in [0.3, 0.4) is 0 Å². The number of nitrogens with zero attached hydrogens (tertiary/aromatic N) is 1. The van der Waals surface area contributed by atoms with Crippen molar-refractivity contribution in [1.82, 2.24) is 4.57 Å². The van der Waals surface area contributed by atoms with Crippen LogP contribution in [0, 0.1) is 0 Å². The van der Waals surface area contributed by atoms with Crippen LogP contribution < -0.4 is 0 Å². The van der Waals surface area contributed by atoms with E-state index >= 15 is 0 Å². The fraction of sp³-hybridized carbons (Fsp3) is 0.0526. The molecular formula is C19H13Cl2NO2. The van der Waals surface area contributed by atoms with Crippen molar-refractivity contribution in [3.8, 4) is 0 Å². The van der Waals surface area contributed by atoms with E-state index in [1.807, 2.05) is 43.4 Å². The highest BCUT2D eigenvalue weighted by Crippen LogP contribution is 2.33. The van der Waals surface area contributed by atoms with E-state index in [2.05, 4.69) is 4.57 Å². The Hall–Kier alpha value is -2.36. The lowest BCUT2D eigenvalue weighted by Crippen LogP contribution is -1.87. The molecule has 1 aromatic heterocycles. The maximum absolute atomic E-state index is 10.6. The Balaban J connectivity index is 2.31. The van der Waals surface area contributed by atoms with Gasteiger partial charge in [0.05, 0.1) is 10.1 Å². The molecule has 1 heterocycles. The van der Waals surface area contributed by atoms with Gasteiger partial charge in [0, 0.05) is 28.9 Å². The van der Waals surface area contributed by atoms with E-state index in [1.54, 1.807) is 0 Å². The number of aldehydes is 2. The lowest BCUT2D eigenvalue weighted by Gasteiger charge is -2.01. The van der Waals surface area contributed by atoms with Gasteiger partial charge in [0.1, 0.15) is 12.6 Å². The quantitative estimate of drug-likeness (QED) is 0.492. The summed E-state index contributed by atoms with van der Waals surface area (Å²) in [4.78, 5) is 21.3. The molecule has 3 nitrogen and oxygen atoms in total. The zero-order valence-corrected chi connectivity index (χ0v) is 14.3. The fourth-order valence-electron chi connectivity index (χ4n) is 2.83. The molecule has 0 fully saturated rings. The molecule has 5 heteroatoms. The highest BCUT2D eigenvalue weighted by Gasteiger charge is 2.11. The van der Waals surface area contributed by atoms with Crippen molar-refractivity contribution in [1.29, 1.82) is 0 Å². The van der Waals surface area contributed by atoms with Crippen LogP contribution in [0.4, 0.5) is 0 Å². The van der Waals surface area contributed by atoms with Gasteiger partial charge in [0.2, 0.25) is 0 Å². The summed E-state index contributed by atoms with van der Waals surface area (Å²) in [6, 6.07) is 11.6. The van der Waals surface area contributed by atoms with Crippen molar-refractivity contribution in [2.45, 2.75) is 0 Å². The minimum atomic E-state index is 0.388. The molecule has 0 atom stereocenters. The molecule has 0 saturated carbocycles. The second-order valence-corrected chi connectivity index (χ2v) is 6.14. The molecule has 0 spiro atoms. The molecule has 0 radical (unpaired) electrons. The number of carbonyl (C=O) groups is 2. The maximum atomic E-state index is 10.6. The smallest absolute Gasteiger partial charge is 0.144 e. The molecule has 3 aromatic rings. The fourth-order valence-corrected chi connectivity index (χ4v) is 3.17. The molecule has 0 saturated heterocycles. The van der Waals surface area contributed by atoms with Crippen LogP contribution in [0.1, 0.15) is 11.1 Å². The first-order valence-electron chi connectivity index (χ1n) is 7.21. The van der Waals surface area contributed by atoms with Crippen molar-refractivity contribution >= 4 is 67.6 Å². The van der Waals surface area contributed by atoms with Crippen LogP contribution in [-0.4, -0.2) is 17.1 Å². The van der Waals surface area contributed by atoms with Crippen LogP contribution in [-0.2, 0) is 16.6 Å². The van der Waals surface area contributed by atoms with E-state index in [9.17, 15) is 9.59 Å². The Morgan fingerprint density at radius 3 is 1.62 bits per heavy atom. The molecule has 0 aliphatic rings.